The van der Waals surface area contributed by atoms with E-state index in [1.807, 2.05) is 0 Å². The molecule has 4 nitrogen and oxygen atoms in total. The lowest BCUT2D eigenvalue weighted by atomic mass is 10.0. The molecule has 0 spiro atoms. The van der Waals surface area contributed by atoms with Crippen LogP contribution in [0.15, 0.2) is 10.9 Å². The third-order valence-electron chi connectivity index (χ3n) is 2.04. The van der Waals surface area contributed by atoms with Crippen LogP contribution in [0.5, 0.6) is 0 Å². The Balaban J connectivity index is 0. The fraction of sp³-hybridized carbons (Fsp3) is 0.600. The van der Waals surface area contributed by atoms with Gasteiger partial charge in [-0.05, 0) is 12.3 Å². The number of rotatable bonds is 5. The number of hydrogen-bond donors (Lipinski definition) is 2. The predicted molar refractivity (Wildman–Crippen MR) is 76.4 cm³/mol. The third-order valence-corrected chi connectivity index (χ3v) is 2.63. The molecule has 1 unspecified atom stereocenters. The van der Waals surface area contributed by atoms with Gasteiger partial charge in [-0.1, -0.05) is 13.8 Å². The number of thiazole rings is 1. The number of halogens is 2. The molecule has 0 bridgehead atoms. The number of nitrogens with two attached hydrogens (primary N) is 1. The Hall–Kier alpha value is -0.360. The number of hydrogen-bond acceptors (Lipinski definition) is 4. The number of nitrogens with zero attached hydrogens (tertiary/aromatic N) is 1. The van der Waals surface area contributed by atoms with Gasteiger partial charge in [-0.3, -0.25) is 4.79 Å². The highest BCUT2D eigenvalue weighted by Crippen LogP contribution is 2.06. The molecule has 0 saturated heterocycles. The standard InChI is InChI=1S/C10H17N3OS.2ClH/c1-7(2)3-8(4-11)13-10(14)9-5-15-6-12-9;;/h5-8H,3-4,11H2,1-2H3,(H,13,14);2*1H. The van der Waals surface area contributed by atoms with Crippen LogP contribution in [0.3, 0.4) is 0 Å². The van der Waals surface area contributed by atoms with Crippen molar-refractivity contribution in [2.24, 2.45) is 11.7 Å². The van der Waals surface area contributed by atoms with E-state index in [2.05, 4.69) is 24.1 Å². The van der Waals surface area contributed by atoms with Gasteiger partial charge in [0.1, 0.15) is 5.69 Å². The largest absolute Gasteiger partial charge is 0.347 e. The molecule has 17 heavy (non-hydrogen) atoms. The zero-order valence-electron chi connectivity index (χ0n) is 9.88. The monoisotopic (exact) mass is 299 g/mol. The molecule has 0 aliphatic rings. The summed E-state index contributed by atoms with van der Waals surface area (Å²) in [7, 11) is 0. The van der Waals surface area contributed by atoms with E-state index in [-0.39, 0.29) is 36.8 Å². The van der Waals surface area contributed by atoms with E-state index in [0.717, 1.165) is 6.42 Å². The van der Waals surface area contributed by atoms with Gasteiger partial charge in [-0.25, -0.2) is 4.98 Å². The summed E-state index contributed by atoms with van der Waals surface area (Å²) < 4.78 is 0. The molecule has 0 aliphatic carbocycles. The first-order valence-electron chi connectivity index (χ1n) is 5.02. The Morgan fingerprint density at radius 3 is 2.59 bits per heavy atom. The highest BCUT2D eigenvalue weighted by Gasteiger charge is 2.14. The summed E-state index contributed by atoms with van der Waals surface area (Å²) in [4.78, 5) is 15.6. The van der Waals surface area contributed by atoms with Crippen molar-refractivity contribution in [1.82, 2.24) is 10.3 Å². The third kappa shape index (κ3) is 6.83. The van der Waals surface area contributed by atoms with Crippen LogP contribution in [0.1, 0.15) is 30.8 Å². The second-order valence-electron chi connectivity index (χ2n) is 3.91. The number of aromatic nitrogens is 1. The molecule has 0 radical (unpaired) electrons. The molecule has 1 heterocycles. The Morgan fingerprint density at radius 2 is 2.18 bits per heavy atom. The van der Waals surface area contributed by atoms with Crippen molar-refractivity contribution in [2.45, 2.75) is 26.3 Å². The van der Waals surface area contributed by atoms with Crippen LogP contribution < -0.4 is 11.1 Å². The number of carbonyl (C=O) groups is 1. The minimum Gasteiger partial charge on any atom is -0.347 e. The average molecular weight is 300 g/mol. The van der Waals surface area contributed by atoms with Crippen molar-refractivity contribution in [3.63, 3.8) is 0 Å². The van der Waals surface area contributed by atoms with E-state index >= 15 is 0 Å². The Bertz CT molecular complexity index is 307. The smallest absolute Gasteiger partial charge is 0.271 e. The van der Waals surface area contributed by atoms with Gasteiger partial charge >= 0.3 is 0 Å². The Kier molecular flexibility index (Phi) is 10.8. The molecule has 0 aliphatic heterocycles. The van der Waals surface area contributed by atoms with Crippen LogP contribution in [-0.2, 0) is 0 Å². The van der Waals surface area contributed by atoms with Gasteiger partial charge in [-0.2, -0.15) is 0 Å². The fourth-order valence-corrected chi connectivity index (χ4v) is 1.90. The molecular formula is C10H19Cl2N3OS. The van der Waals surface area contributed by atoms with Crippen LogP contribution in [0.4, 0.5) is 0 Å². The molecule has 100 valence electrons. The second kappa shape index (κ2) is 9.65. The minimum absolute atomic E-state index is 0. The van der Waals surface area contributed by atoms with Crippen molar-refractivity contribution in [3.05, 3.63) is 16.6 Å². The SMILES string of the molecule is CC(C)CC(CN)NC(=O)c1cscn1.Cl.Cl. The molecule has 1 aromatic heterocycles. The summed E-state index contributed by atoms with van der Waals surface area (Å²) in [5.74, 6) is 0.390. The van der Waals surface area contributed by atoms with Gasteiger partial charge in [0.15, 0.2) is 0 Å². The maximum Gasteiger partial charge on any atom is 0.271 e. The number of carbonyl (C=O) groups excluding carboxylic acids is 1. The summed E-state index contributed by atoms with van der Waals surface area (Å²) in [5.41, 5.74) is 7.71. The van der Waals surface area contributed by atoms with E-state index in [1.54, 1.807) is 10.9 Å². The van der Waals surface area contributed by atoms with Crippen molar-refractivity contribution in [2.75, 3.05) is 6.54 Å². The van der Waals surface area contributed by atoms with E-state index in [0.29, 0.717) is 18.2 Å². The van der Waals surface area contributed by atoms with E-state index in [1.165, 1.54) is 11.3 Å². The fourth-order valence-electron chi connectivity index (χ4n) is 1.37. The summed E-state index contributed by atoms with van der Waals surface area (Å²) in [6.45, 7) is 4.68. The number of amides is 1. The second-order valence-corrected chi connectivity index (χ2v) is 4.63. The maximum atomic E-state index is 11.6. The van der Waals surface area contributed by atoms with Crippen LogP contribution in [0.2, 0.25) is 0 Å². The number of nitrogens with one attached hydrogen (secondary N) is 1. The molecule has 7 heteroatoms. The summed E-state index contributed by atoms with van der Waals surface area (Å²) in [6.07, 6.45) is 0.895. The van der Waals surface area contributed by atoms with E-state index in [4.69, 9.17) is 5.73 Å². The van der Waals surface area contributed by atoms with Gasteiger partial charge in [0.25, 0.3) is 5.91 Å². The molecule has 1 rings (SSSR count). The summed E-state index contributed by atoms with van der Waals surface area (Å²) in [6, 6.07) is 0.0409. The first kappa shape index (κ1) is 19.0. The van der Waals surface area contributed by atoms with Gasteiger partial charge in [0, 0.05) is 18.0 Å². The quantitative estimate of drug-likeness (QED) is 0.875. The van der Waals surface area contributed by atoms with Crippen molar-refractivity contribution in [3.8, 4) is 0 Å². The minimum atomic E-state index is -0.132. The maximum absolute atomic E-state index is 11.6. The topological polar surface area (TPSA) is 68.0 Å². The van der Waals surface area contributed by atoms with Gasteiger partial charge < -0.3 is 11.1 Å². The highest BCUT2D eigenvalue weighted by molar-refractivity contribution is 7.07. The lowest BCUT2D eigenvalue weighted by Crippen LogP contribution is -2.41. The van der Waals surface area contributed by atoms with Crippen LogP contribution in [0.25, 0.3) is 0 Å². The molecule has 0 fully saturated rings. The zero-order chi connectivity index (χ0) is 11.3. The lowest BCUT2D eigenvalue weighted by Gasteiger charge is -2.17. The molecule has 1 amide bonds. The summed E-state index contributed by atoms with van der Waals surface area (Å²) >= 11 is 1.41. The molecule has 1 aromatic rings. The van der Waals surface area contributed by atoms with Gasteiger partial charge in [0.05, 0.1) is 5.51 Å². The Labute approximate surface area is 118 Å². The van der Waals surface area contributed by atoms with Crippen LogP contribution in [0, 0.1) is 5.92 Å². The van der Waals surface area contributed by atoms with Crippen LogP contribution >= 0.6 is 36.2 Å². The first-order chi connectivity index (χ1) is 7.13. The van der Waals surface area contributed by atoms with Gasteiger partial charge in [0.2, 0.25) is 0 Å². The summed E-state index contributed by atoms with van der Waals surface area (Å²) in [5, 5.41) is 4.62. The van der Waals surface area contributed by atoms with Crippen molar-refractivity contribution < 1.29 is 4.79 Å². The zero-order valence-corrected chi connectivity index (χ0v) is 12.3. The van der Waals surface area contributed by atoms with Gasteiger partial charge in [-0.15, -0.1) is 36.2 Å². The molecule has 0 saturated carbocycles. The molecular weight excluding hydrogens is 281 g/mol. The van der Waals surface area contributed by atoms with Crippen molar-refractivity contribution in [1.29, 1.82) is 0 Å². The van der Waals surface area contributed by atoms with Crippen LogP contribution in [-0.4, -0.2) is 23.5 Å². The Morgan fingerprint density at radius 1 is 1.53 bits per heavy atom. The normalized spacial score (nSPS) is 11.3. The van der Waals surface area contributed by atoms with E-state index < -0.39 is 0 Å². The predicted octanol–water partition coefficient (Wildman–Crippen LogP) is 2.09. The lowest BCUT2D eigenvalue weighted by molar-refractivity contribution is 0.0929. The highest BCUT2D eigenvalue weighted by atomic mass is 35.5. The first-order valence-corrected chi connectivity index (χ1v) is 5.97. The van der Waals surface area contributed by atoms with Crippen molar-refractivity contribution >= 4 is 42.1 Å². The molecule has 0 aromatic carbocycles. The average Bonchev–Trinajstić information content (AvgIpc) is 2.68. The molecule has 1 atom stereocenters. The molecule has 3 N–H and O–H groups in total. The van der Waals surface area contributed by atoms with E-state index in [9.17, 15) is 4.79 Å².